The Kier molecular flexibility index (Phi) is 6.64. The quantitative estimate of drug-likeness (QED) is 0.313. The lowest BCUT2D eigenvalue weighted by Gasteiger charge is -2.13. The third-order valence-corrected chi connectivity index (χ3v) is 2.06. The van der Waals surface area contributed by atoms with Gasteiger partial charge in [0.25, 0.3) is 0 Å². The second-order valence-electron chi connectivity index (χ2n) is 3.56. The number of carboxylic acids is 2. The molecular weight excluding hydrogens is 230 g/mol. The number of aliphatic hydroxyl groups excluding tert-OH is 1. The van der Waals surface area contributed by atoms with Gasteiger partial charge in [-0.05, 0) is 6.42 Å². The summed E-state index contributed by atoms with van der Waals surface area (Å²) in [6, 6.07) is 0. The van der Waals surface area contributed by atoms with E-state index in [0.29, 0.717) is 6.54 Å². The van der Waals surface area contributed by atoms with E-state index in [-0.39, 0.29) is 24.9 Å². The van der Waals surface area contributed by atoms with Gasteiger partial charge in [0.05, 0.1) is 18.9 Å². The zero-order chi connectivity index (χ0) is 13.4. The lowest BCUT2D eigenvalue weighted by atomic mass is 10.3. The molecule has 6 N–H and O–H groups in total. The molecule has 1 unspecified atom stereocenters. The molecule has 0 aromatic rings. The number of nitrogens with one attached hydrogen (secondary N) is 1. The number of guanidine groups is 1. The maximum Gasteiger partial charge on any atom is 0.303 e. The first-order valence-electron chi connectivity index (χ1n) is 5.03. The second-order valence-corrected chi connectivity index (χ2v) is 3.56. The standard InChI is InChI=1S/C5H11N3O.C4H6O4/c6-5(7)8-2-1-4(9)3-8;5-3(6)1-2-4(7)8/h4,9H,1-3H2,(H3,6,7);1-2H2,(H,5,6)(H,7,8). The molecule has 1 atom stereocenters. The molecule has 0 aromatic carbocycles. The number of carboxylic acid groups (broad SMARTS) is 2. The molecule has 0 radical (unpaired) electrons. The first kappa shape index (κ1) is 15.2. The van der Waals surface area contributed by atoms with Gasteiger partial charge in [0, 0.05) is 13.1 Å². The van der Waals surface area contributed by atoms with Gasteiger partial charge in [-0.15, -0.1) is 0 Å². The normalized spacial score (nSPS) is 18.2. The largest absolute Gasteiger partial charge is 0.481 e. The average molecular weight is 247 g/mol. The molecule has 0 bridgehead atoms. The summed E-state index contributed by atoms with van der Waals surface area (Å²) in [5, 5.41) is 31.7. The van der Waals surface area contributed by atoms with E-state index in [0.717, 1.165) is 13.0 Å². The zero-order valence-electron chi connectivity index (χ0n) is 9.30. The number of β-amino-alcohol motifs (C(OH)–C–C–N with tert-alkyl or cyclic N) is 1. The second kappa shape index (κ2) is 7.44. The fourth-order valence-electron chi connectivity index (χ4n) is 1.17. The third kappa shape index (κ3) is 8.03. The van der Waals surface area contributed by atoms with Crippen LogP contribution in [0.15, 0.2) is 0 Å². The van der Waals surface area contributed by atoms with Crippen LogP contribution in [0.3, 0.4) is 0 Å². The van der Waals surface area contributed by atoms with E-state index in [1.807, 2.05) is 0 Å². The maximum atomic E-state index is 9.64. The fourth-order valence-corrected chi connectivity index (χ4v) is 1.17. The molecule has 1 fully saturated rings. The van der Waals surface area contributed by atoms with Crippen molar-refractivity contribution in [3.8, 4) is 0 Å². The lowest BCUT2D eigenvalue weighted by Crippen LogP contribution is -2.34. The summed E-state index contributed by atoms with van der Waals surface area (Å²) in [5.74, 6) is -2.09. The minimum absolute atomic E-state index is 0.0616. The fraction of sp³-hybridized carbons (Fsp3) is 0.667. The van der Waals surface area contributed by atoms with Crippen LogP contribution in [0, 0.1) is 5.41 Å². The Morgan fingerprint density at radius 1 is 1.29 bits per heavy atom. The molecule has 1 aliphatic rings. The van der Waals surface area contributed by atoms with Crippen LogP contribution in [-0.2, 0) is 9.59 Å². The van der Waals surface area contributed by atoms with Crippen LogP contribution in [0.5, 0.6) is 0 Å². The number of aliphatic carboxylic acids is 2. The summed E-state index contributed by atoms with van der Waals surface area (Å²) in [7, 11) is 0. The number of likely N-dealkylation sites (tertiary alicyclic amines) is 1. The number of aliphatic hydroxyl groups is 1. The topological polar surface area (TPSA) is 148 Å². The summed E-state index contributed by atoms with van der Waals surface area (Å²) < 4.78 is 0. The molecule has 98 valence electrons. The van der Waals surface area contributed by atoms with Crippen molar-refractivity contribution in [1.29, 1.82) is 5.41 Å². The van der Waals surface area contributed by atoms with Crippen molar-refractivity contribution in [2.24, 2.45) is 5.73 Å². The Balaban J connectivity index is 0.000000304. The van der Waals surface area contributed by atoms with Crippen molar-refractivity contribution in [2.75, 3.05) is 13.1 Å². The molecule has 1 saturated heterocycles. The zero-order valence-corrected chi connectivity index (χ0v) is 9.30. The van der Waals surface area contributed by atoms with Crippen LogP contribution in [0.2, 0.25) is 0 Å². The summed E-state index contributed by atoms with van der Waals surface area (Å²) in [6.45, 7) is 1.24. The van der Waals surface area contributed by atoms with Crippen LogP contribution in [0.1, 0.15) is 19.3 Å². The summed E-state index contributed by atoms with van der Waals surface area (Å²) in [4.78, 5) is 20.9. The predicted octanol–water partition coefficient (Wildman–Crippen LogP) is -1.12. The number of carbonyl (C=O) groups is 2. The van der Waals surface area contributed by atoms with Crippen molar-refractivity contribution in [3.63, 3.8) is 0 Å². The molecule has 0 saturated carbocycles. The van der Waals surface area contributed by atoms with E-state index in [1.165, 1.54) is 0 Å². The lowest BCUT2D eigenvalue weighted by molar-refractivity contribution is -0.143. The Hall–Kier alpha value is -1.83. The number of nitrogens with two attached hydrogens (primary N) is 1. The predicted molar refractivity (Wildman–Crippen MR) is 58.6 cm³/mol. The smallest absolute Gasteiger partial charge is 0.303 e. The highest BCUT2D eigenvalue weighted by Gasteiger charge is 2.20. The van der Waals surface area contributed by atoms with E-state index in [2.05, 4.69) is 0 Å². The average Bonchev–Trinajstić information content (AvgIpc) is 2.63. The van der Waals surface area contributed by atoms with Crippen molar-refractivity contribution in [3.05, 3.63) is 0 Å². The van der Waals surface area contributed by atoms with E-state index < -0.39 is 11.9 Å². The van der Waals surface area contributed by atoms with E-state index >= 15 is 0 Å². The summed E-state index contributed by atoms with van der Waals surface area (Å²) >= 11 is 0. The molecule has 0 aromatic heterocycles. The van der Waals surface area contributed by atoms with Crippen LogP contribution >= 0.6 is 0 Å². The Morgan fingerprint density at radius 3 is 1.94 bits per heavy atom. The van der Waals surface area contributed by atoms with Crippen LogP contribution < -0.4 is 5.73 Å². The minimum atomic E-state index is -1.08. The van der Waals surface area contributed by atoms with E-state index in [9.17, 15) is 9.59 Å². The van der Waals surface area contributed by atoms with E-state index in [4.69, 9.17) is 26.5 Å². The van der Waals surface area contributed by atoms with Crippen LogP contribution in [0.25, 0.3) is 0 Å². The highest BCUT2D eigenvalue weighted by atomic mass is 16.4. The molecule has 0 spiro atoms. The van der Waals surface area contributed by atoms with Crippen molar-refractivity contribution >= 4 is 17.9 Å². The van der Waals surface area contributed by atoms with Gasteiger partial charge in [-0.3, -0.25) is 15.0 Å². The summed E-state index contributed by atoms with van der Waals surface area (Å²) in [6.07, 6.45) is -0.140. The van der Waals surface area contributed by atoms with Gasteiger partial charge >= 0.3 is 11.9 Å². The van der Waals surface area contributed by atoms with Crippen LogP contribution in [0.4, 0.5) is 0 Å². The highest BCUT2D eigenvalue weighted by molar-refractivity contribution is 5.75. The number of rotatable bonds is 3. The highest BCUT2D eigenvalue weighted by Crippen LogP contribution is 2.06. The number of hydrogen-bond donors (Lipinski definition) is 5. The maximum absolute atomic E-state index is 9.64. The SMILES string of the molecule is N=C(N)N1CCC(O)C1.O=C(O)CCC(=O)O. The molecule has 0 amide bonds. The van der Waals surface area contributed by atoms with Crippen molar-refractivity contribution in [1.82, 2.24) is 4.90 Å². The van der Waals surface area contributed by atoms with Crippen LogP contribution in [-0.4, -0.2) is 57.3 Å². The molecule has 8 nitrogen and oxygen atoms in total. The van der Waals surface area contributed by atoms with Gasteiger partial charge in [-0.25, -0.2) is 0 Å². The molecule has 1 heterocycles. The first-order chi connectivity index (χ1) is 7.82. The molecule has 17 heavy (non-hydrogen) atoms. The van der Waals surface area contributed by atoms with Gasteiger partial charge in [0.15, 0.2) is 5.96 Å². The molecular formula is C9H17N3O5. The Morgan fingerprint density at radius 2 is 1.76 bits per heavy atom. The van der Waals surface area contributed by atoms with Gasteiger partial charge in [-0.1, -0.05) is 0 Å². The van der Waals surface area contributed by atoms with Gasteiger partial charge in [0.2, 0.25) is 0 Å². The van der Waals surface area contributed by atoms with E-state index in [1.54, 1.807) is 4.90 Å². The van der Waals surface area contributed by atoms with Crippen molar-refractivity contribution in [2.45, 2.75) is 25.4 Å². The monoisotopic (exact) mass is 247 g/mol. The minimum Gasteiger partial charge on any atom is -0.481 e. The number of nitrogens with zero attached hydrogens (tertiary/aromatic N) is 1. The van der Waals surface area contributed by atoms with Crippen molar-refractivity contribution < 1.29 is 24.9 Å². The Bertz CT molecular complexity index is 280. The molecule has 0 aliphatic carbocycles. The molecule has 1 aliphatic heterocycles. The Labute approximate surface area is 98.1 Å². The third-order valence-electron chi connectivity index (χ3n) is 2.06. The molecule has 1 rings (SSSR count). The van der Waals surface area contributed by atoms with Gasteiger partial charge in [0.1, 0.15) is 0 Å². The van der Waals surface area contributed by atoms with Gasteiger partial charge < -0.3 is 26.0 Å². The van der Waals surface area contributed by atoms with Gasteiger partial charge in [-0.2, -0.15) is 0 Å². The number of hydrogen-bond acceptors (Lipinski definition) is 4. The summed E-state index contributed by atoms with van der Waals surface area (Å²) in [5.41, 5.74) is 5.16. The molecule has 8 heteroatoms. The first-order valence-corrected chi connectivity index (χ1v) is 5.03.